The number of hydrogen-bond acceptors (Lipinski definition) is 5. The zero-order valence-corrected chi connectivity index (χ0v) is 12.0. The van der Waals surface area contributed by atoms with Gasteiger partial charge < -0.3 is 10.3 Å². The molecule has 0 saturated heterocycles. The van der Waals surface area contributed by atoms with Crippen LogP contribution < -0.4 is 16.2 Å². The predicted octanol–water partition coefficient (Wildman–Crippen LogP) is 3.37. The van der Waals surface area contributed by atoms with Crippen LogP contribution in [-0.4, -0.2) is 12.0 Å². The van der Waals surface area contributed by atoms with E-state index in [0.717, 1.165) is 6.54 Å². The van der Waals surface area contributed by atoms with Gasteiger partial charge in [0.2, 0.25) is 0 Å². The largest absolute Gasteiger partial charge is 0.353 e. The fourth-order valence-electron chi connectivity index (χ4n) is 1.54. The summed E-state index contributed by atoms with van der Waals surface area (Å²) < 4.78 is 0. The zero-order chi connectivity index (χ0) is 13.1. The molecule has 2 rings (SSSR count). The van der Waals surface area contributed by atoms with Crippen LogP contribution in [0.25, 0.3) is 0 Å². The van der Waals surface area contributed by atoms with E-state index in [0.29, 0.717) is 21.7 Å². The summed E-state index contributed by atoms with van der Waals surface area (Å²) in [7, 11) is 1.92. The summed E-state index contributed by atoms with van der Waals surface area (Å²) in [5, 5.41) is 2.93. The minimum Gasteiger partial charge on any atom is -0.353 e. The first-order valence-corrected chi connectivity index (χ1v) is 6.81. The van der Waals surface area contributed by atoms with Crippen LogP contribution in [0.5, 0.6) is 0 Å². The van der Waals surface area contributed by atoms with Crippen molar-refractivity contribution >= 4 is 46.2 Å². The van der Waals surface area contributed by atoms with Crippen LogP contribution in [0.15, 0.2) is 23.6 Å². The quantitative estimate of drug-likeness (QED) is 0.671. The highest BCUT2D eigenvalue weighted by molar-refractivity contribution is 7.09. The molecule has 0 aliphatic carbocycles. The van der Waals surface area contributed by atoms with Crippen LogP contribution in [0.4, 0.5) is 11.6 Å². The summed E-state index contributed by atoms with van der Waals surface area (Å²) >= 11 is 13.8. The van der Waals surface area contributed by atoms with Gasteiger partial charge in [0.25, 0.3) is 0 Å². The second-order valence-electron chi connectivity index (χ2n) is 3.70. The lowest BCUT2D eigenvalue weighted by atomic mass is 10.4. The number of hydrogen-bond donors (Lipinski definition) is 2. The van der Waals surface area contributed by atoms with Gasteiger partial charge in [-0.3, -0.25) is 0 Å². The summed E-state index contributed by atoms with van der Waals surface area (Å²) in [4.78, 5) is 7.48. The third kappa shape index (κ3) is 2.87. The molecule has 0 unspecified atom stereocenters. The van der Waals surface area contributed by atoms with Gasteiger partial charge >= 0.3 is 0 Å². The summed E-state index contributed by atoms with van der Waals surface area (Å²) in [5.74, 6) is 6.40. The Morgan fingerprint density at radius 2 is 2.22 bits per heavy atom. The maximum atomic E-state index is 6.14. The SMILES string of the molecule is CN(Cc1cccs1)c1nc(NN)c(Cl)cc1Cl. The molecule has 7 heteroatoms. The number of pyridine rings is 1. The minimum absolute atomic E-state index is 0.399. The van der Waals surface area contributed by atoms with E-state index in [1.165, 1.54) is 4.88 Å². The lowest BCUT2D eigenvalue weighted by Crippen LogP contribution is -2.19. The van der Waals surface area contributed by atoms with Gasteiger partial charge in [-0.15, -0.1) is 11.3 Å². The normalized spacial score (nSPS) is 10.4. The molecule has 0 radical (unpaired) electrons. The van der Waals surface area contributed by atoms with Crippen LogP contribution in [0.2, 0.25) is 10.0 Å². The second-order valence-corrected chi connectivity index (χ2v) is 5.55. The maximum absolute atomic E-state index is 6.14. The van der Waals surface area contributed by atoms with Crippen molar-refractivity contribution in [2.24, 2.45) is 5.84 Å². The molecule has 96 valence electrons. The molecule has 0 aromatic carbocycles. The number of hydrazine groups is 1. The topological polar surface area (TPSA) is 54.2 Å². The third-order valence-electron chi connectivity index (χ3n) is 2.38. The first kappa shape index (κ1) is 13.4. The van der Waals surface area contributed by atoms with Crippen molar-refractivity contribution in [2.75, 3.05) is 17.4 Å². The highest BCUT2D eigenvalue weighted by Gasteiger charge is 2.13. The molecule has 3 N–H and O–H groups in total. The molecule has 0 saturated carbocycles. The molecule has 0 amide bonds. The second kappa shape index (κ2) is 5.75. The van der Waals surface area contributed by atoms with Crippen LogP contribution in [-0.2, 0) is 6.54 Å². The van der Waals surface area contributed by atoms with Crippen molar-refractivity contribution < 1.29 is 0 Å². The number of anilines is 2. The van der Waals surface area contributed by atoms with E-state index in [1.807, 2.05) is 23.4 Å². The van der Waals surface area contributed by atoms with Crippen molar-refractivity contribution in [3.63, 3.8) is 0 Å². The van der Waals surface area contributed by atoms with E-state index in [9.17, 15) is 0 Å². The van der Waals surface area contributed by atoms with Gasteiger partial charge in [-0.25, -0.2) is 10.8 Å². The number of aromatic nitrogens is 1. The Balaban J connectivity index is 2.26. The van der Waals surface area contributed by atoms with Crippen LogP contribution in [0.1, 0.15) is 4.88 Å². The molecule has 0 fully saturated rings. The molecule has 2 aromatic heterocycles. The molecule has 2 aromatic rings. The van der Waals surface area contributed by atoms with Crippen molar-refractivity contribution in [3.05, 3.63) is 38.5 Å². The Morgan fingerprint density at radius 1 is 1.44 bits per heavy atom. The lowest BCUT2D eigenvalue weighted by molar-refractivity contribution is 0.913. The van der Waals surface area contributed by atoms with Crippen LogP contribution >= 0.6 is 34.5 Å². The standard InChI is InChI=1S/C11H12Cl2N4S/c1-17(6-7-3-2-4-18-7)11-9(13)5-8(12)10(15-11)16-14/h2-5H,6,14H2,1H3,(H,15,16). The fraction of sp³-hybridized carbons (Fsp3) is 0.182. The number of nitrogen functional groups attached to an aromatic ring is 1. The number of halogens is 2. The molecule has 0 atom stereocenters. The molecule has 2 heterocycles. The molecule has 18 heavy (non-hydrogen) atoms. The number of nitrogens with zero attached hydrogens (tertiary/aromatic N) is 2. The molecular formula is C11H12Cl2N4S. The minimum atomic E-state index is 0.399. The first-order chi connectivity index (χ1) is 8.61. The van der Waals surface area contributed by atoms with E-state index in [2.05, 4.69) is 16.5 Å². The van der Waals surface area contributed by atoms with E-state index in [4.69, 9.17) is 29.0 Å². The van der Waals surface area contributed by atoms with E-state index >= 15 is 0 Å². The van der Waals surface area contributed by atoms with E-state index in [-0.39, 0.29) is 0 Å². The molecule has 0 aliphatic rings. The Bertz CT molecular complexity index is 530. The average Bonchev–Trinajstić information content (AvgIpc) is 2.81. The van der Waals surface area contributed by atoms with Crippen LogP contribution in [0.3, 0.4) is 0 Å². The highest BCUT2D eigenvalue weighted by atomic mass is 35.5. The van der Waals surface area contributed by atoms with Crippen molar-refractivity contribution in [1.29, 1.82) is 0 Å². The maximum Gasteiger partial charge on any atom is 0.161 e. The van der Waals surface area contributed by atoms with Gasteiger partial charge in [-0.1, -0.05) is 29.3 Å². The van der Waals surface area contributed by atoms with Gasteiger partial charge in [0.15, 0.2) is 5.82 Å². The van der Waals surface area contributed by atoms with Crippen molar-refractivity contribution in [1.82, 2.24) is 4.98 Å². The van der Waals surface area contributed by atoms with Crippen molar-refractivity contribution in [3.8, 4) is 0 Å². The zero-order valence-electron chi connectivity index (χ0n) is 9.65. The molecule has 0 spiro atoms. The number of nitrogens with two attached hydrogens (primary N) is 1. The Kier molecular flexibility index (Phi) is 4.29. The Hall–Kier alpha value is -1.01. The first-order valence-electron chi connectivity index (χ1n) is 5.18. The Morgan fingerprint density at radius 3 is 2.83 bits per heavy atom. The molecular weight excluding hydrogens is 291 g/mol. The summed E-state index contributed by atoms with van der Waals surface area (Å²) in [6.45, 7) is 0.732. The number of thiophene rings is 1. The van der Waals surface area contributed by atoms with Gasteiger partial charge in [0.1, 0.15) is 5.82 Å². The monoisotopic (exact) mass is 302 g/mol. The summed E-state index contributed by atoms with van der Waals surface area (Å²) in [5.41, 5.74) is 2.45. The van der Waals surface area contributed by atoms with E-state index in [1.54, 1.807) is 17.4 Å². The Labute approximate surface area is 119 Å². The molecule has 0 aliphatic heterocycles. The summed E-state index contributed by atoms with van der Waals surface area (Å²) in [6.07, 6.45) is 0. The fourth-order valence-corrected chi connectivity index (χ4v) is 2.85. The van der Waals surface area contributed by atoms with Gasteiger partial charge in [-0.2, -0.15) is 0 Å². The average molecular weight is 303 g/mol. The van der Waals surface area contributed by atoms with Gasteiger partial charge in [-0.05, 0) is 17.5 Å². The van der Waals surface area contributed by atoms with Gasteiger partial charge in [0, 0.05) is 11.9 Å². The summed E-state index contributed by atoms with van der Waals surface area (Å²) in [6, 6.07) is 5.70. The highest BCUT2D eigenvalue weighted by Crippen LogP contribution is 2.31. The predicted molar refractivity (Wildman–Crippen MR) is 78.5 cm³/mol. The van der Waals surface area contributed by atoms with Gasteiger partial charge in [0.05, 0.1) is 16.6 Å². The van der Waals surface area contributed by atoms with Crippen LogP contribution in [0, 0.1) is 0 Å². The molecule has 0 bridgehead atoms. The van der Waals surface area contributed by atoms with E-state index < -0.39 is 0 Å². The molecule has 4 nitrogen and oxygen atoms in total. The number of rotatable bonds is 4. The third-order valence-corrected chi connectivity index (χ3v) is 3.81. The lowest BCUT2D eigenvalue weighted by Gasteiger charge is -2.19. The number of nitrogens with one attached hydrogen (secondary N) is 1. The van der Waals surface area contributed by atoms with Crippen molar-refractivity contribution in [2.45, 2.75) is 6.54 Å². The smallest absolute Gasteiger partial charge is 0.161 e.